The predicted octanol–water partition coefficient (Wildman–Crippen LogP) is 4.38. The average Bonchev–Trinajstić information content (AvgIpc) is 2.68. The number of para-hydroxylation sites is 1. The van der Waals surface area contributed by atoms with E-state index in [0.717, 1.165) is 40.7 Å². The normalized spacial score (nSPS) is 26.6. The van der Waals surface area contributed by atoms with E-state index in [1.807, 2.05) is 49.4 Å². The van der Waals surface area contributed by atoms with E-state index in [0.29, 0.717) is 12.5 Å². The van der Waals surface area contributed by atoms with Crippen molar-refractivity contribution < 1.29 is 14.0 Å². The lowest BCUT2D eigenvalue weighted by Gasteiger charge is -2.49. The van der Waals surface area contributed by atoms with E-state index in [1.165, 1.54) is 13.1 Å². The second kappa shape index (κ2) is 7.35. The number of quaternary nitrogens is 1. The molecule has 142 valence electrons. The second-order valence-electron chi connectivity index (χ2n) is 8.37. The van der Waals surface area contributed by atoms with E-state index in [-0.39, 0.29) is 12.2 Å². The Morgan fingerprint density at radius 2 is 1.74 bits per heavy atom. The molecule has 3 aliphatic rings. The maximum atomic E-state index is 13.2. The number of rotatable bonds is 4. The van der Waals surface area contributed by atoms with Crippen molar-refractivity contribution in [1.29, 1.82) is 0 Å². The smallest absolute Gasteiger partial charge is 0.415 e. The molecule has 0 aromatic heterocycles. The summed E-state index contributed by atoms with van der Waals surface area (Å²) in [6.45, 7) is 5.94. The number of amides is 1. The van der Waals surface area contributed by atoms with Gasteiger partial charge in [0.15, 0.2) is 6.10 Å². The Morgan fingerprint density at radius 3 is 2.41 bits per heavy atom. The van der Waals surface area contributed by atoms with Crippen LogP contribution in [-0.4, -0.2) is 43.4 Å². The fraction of sp³-hybridized carbons (Fsp3) is 0.435. The summed E-state index contributed by atoms with van der Waals surface area (Å²) in [5.41, 5.74) is 3.11. The first-order valence-corrected chi connectivity index (χ1v) is 9.95. The Balaban J connectivity index is 1.56. The van der Waals surface area contributed by atoms with Gasteiger partial charge >= 0.3 is 6.09 Å². The molecule has 2 aromatic rings. The lowest BCUT2D eigenvalue weighted by atomic mass is 9.84. The van der Waals surface area contributed by atoms with Gasteiger partial charge in [0.2, 0.25) is 0 Å². The minimum atomic E-state index is -0.224. The van der Waals surface area contributed by atoms with Crippen LogP contribution >= 0.6 is 0 Å². The fourth-order valence-electron chi connectivity index (χ4n) is 4.56. The Hall–Kier alpha value is -2.33. The molecule has 2 bridgehead atoms. The number of carbonyl (C=O) groups is 1. The van der Waals surface area contributed by atoms with E-state index < -0.39 is 0 Å². The van der Waals surface area contributed by atoms with Gasteiger partial charge in [-0.25, -0.2) is 4.79 Å². The maximum absolute atomic E-state index is 13.2. The highest BCUT2D eigenvalue weighted by atomic mass is 16.6. The van der Waals surface area contributed by atoms with Gasteiger partial charge in [0.25, 0.3) is 0 Å². The highest BCUT2D eigenvalue weighted by Gasteiger charge is 2.45. The molecule has 2 aromatic carbocycles. The van der Waals surface area contributed by atoms with Crippen molar-refractivity contribution in [2.75, 3.05) is 31.6 Å². The Bertz CT molecular complexity index is 797. The van der Waals surface area contributed by atoms with Gasteiger partial charge in [0.05, 0.1) is 32.4 Å². The Morgan fingerprint density at radius 1 is 1.07 bits per heavy atom. The largest absolute Gasteiger partial charge is 0.440 e. The molecule has 1 amide bonds. The van der Waals surface area contributed by atoms with Crippen LogP contribution < -0.4 is 4.90 Å². The van der Waals surface area contributed by atoms with E-state index in [4.69, 9.17) is 4.74 Å². The van der Waals surface area contributed by atoms with Gasteiger partial charge in [-0.05, 0) is 24.1 Å². The number of aryl methyl sites for hydroxylation is 1. The van der Waals surface area contributed by atoms with Crippen molar-refractivity contribution in [1.82, 2.24) is 0 Å². The molecule has 1 atom stereocenters. The lowest BCUT2D eigenvalue weighted by molar-refractivity contribution is -0.928. The summed E-state index contributed by atoms with van der Waals surface area (Å²) in [4.78, 5) is 15.0. The van der Waals surface area contributed by atoms with Crippen molar-refractivity contribution in [2.24, 2.45) is 5.92 Å². The van der Waals surface area contributed by atoms with Crippen LogP contribution in [0.3, 0.4) is 0 Å². The molecule has 0 N–H and O–H groups in total. The summed E-state index contributed by atoms with van der Waals surface area (Å²) < 4.78 is 7.14. The zero-order valence-corrected chi connectivity index (χ0v) is 16.3. The third-order valence-corrected chi connectivity index (χ3v) is 6.29. The molecule has 4 nitrogen and oxygen atoms in total. The van der Waals surface area contributed by atoms with Gasteiger partial charge in [-0.15, -0.1) is 0 Å². The van der Waals surface area contributed by atoms with Crippen LogP contribution in [0.5, 0.6) is 0 Å². The summed E-state index contributed by atoms with van der Waals surface area (Å²) >= 11 is 0. The molecule has 0 aliphatic carbocycles. The van der Waals surface area contributed by atoms with Gasteiger partial charge < -0.3 is 9.22 Å². The molecular weight excluding hydrogens is 336 g/mol. The average molecular weight is 365 g/mol. The molecular formula is C23H29N2O2+. The van der Waals surface area contributed by atoms with E-state index in [9.17, 15) is 4.79 Å². The first-order valence-electron chi connectivity index (χ1n) is 9.95. The van der Waals surface area contributed by atoms with Crippen molar-refractivity contribution in [3.05, 3.63) is 65.7 Å². The fourth-order valence-corrected chi connectivity index (χ4v) is 4.56. The van der Waals surface area contributed by atoms with Gasteiger partial charge in [-0.1, -0.05) is 48.5 Å². The van der Waals surface area contributed by atoms with Crippen LogP contribution in [-0.2, 0) is 11.3 Å². The van der Waals surface area contributed by atoms with Gasteiger partial charge in [-0.2, -0.15) is 0 Å². The van der Waals surface area contributed by atoms with Crippen LogP contribution in [0.2, 0.25) is 0 Å². The van der Waals surface area contributed by atoms with Crippen molar-refractivity contribution >= 4 is 11.8 Å². The molecule has 0 saturated carbocycles. The maximum Gasteiger partial charge on any atom is 0.415 e. The summed E-state index contributed by atoms with van der Waals surface area (Å²) in [6, 6.07) is 18.2. The predicted molar refractivity (Wildman–Crippen MR) is 108 cm³/mol. The van der Waals surface area contributed by atoms with E-state index in [2.05, 4.69) is 19.2 Å². The minimum Gasteiger partial charge on any atom is -0.440 e. The number of piperidine rings is 3. The number of ether oxygens (including phenoxy) is 1. The van der Waals surface area contributed by atoms with Gasteiger partial charge in [0, 0.05) is 18.8 Å². The molecule has 1 unspecified atom stereocenters. The highest BCUT2D eigenvalue weighted by molar-refractivity contribution is 5.88. The number of carbonyl (C=O) groups excluding carboxylic acids is 1. The number of nitrogens with zero attached hydrogens (tertiary/aromatic N) is 2. The van der Waals surface area contributed by atoms with Crippen LogP contribution in [0, 0.1) is 12.8 Å². The van der Waals surface area contributed by atoms with Crippen LogP contribution in [0.4, 0.5) is 10.5 Å². The molecule has 27 heavy (non-hydrogen) atoms. The summed E-state index contributed by atoms with van der Waals surface area (Å²) in [7, 11) is 2.29. The molecule has 3 aliphatic heterocycles. The Kier molecular flexibility index (Phi) is 4.92. The van der Waals surface area contributed by atoms with Crippen molar-refractivity contribution in [2.45, 2.75) is 32.4 Å². The second-order valence-corrected chi connectivity index (χ2v) is 8.37. The quantitative estimate of drug-likeness (QED) is 0.753. The third kappa shape index (κ3) is 3.86. The molecule has 3 heterocycles. The number of fused-ring (bicyclic) bond motifs is 3. The topological polar surface area (TPSA) is 29.5 Å². The summed E-state index contributed by atoms with van der Waals surface area (Å²) in [5.74, 6) is 0.518. The number of hydrogen-bond acceptors (Lipinski definition) is 2. The molecule has 0 spiro atoms. The monoisotopic (exact) mass is 365 g/mol. The molecule has 5 rings (SSSR count). The number of benzene rings is 2. The summed E-state index contributed by atoms with van der Waals surface area (Å²) in [6.07, 6.45) is 2.14. The SMILES string of the molecule is Cc1ccccc1N(Cc1ccccc1)C(=O)OC1C[N+]2(C)CCC1CC2. The number of likely N-dealkylation sites (N-methyl/N-ethyl adjacent to an activating group) is 1. The number of anilines is 1. The summed E-state index contributed by atoms with van der Waals surface area (Å²) in [5, 5.41) is 0. The Labute approximate surface area is 161 Å². The molecule has 3 saturated heterocycles. The number of hydrogen-bond donors (Lipinski definition) is 0. The van der Waals surface area contributed by atoms with Crippen molar-refractivity contribution in [3.8, 4) is 0 Å². The molecule has 4 heteroatoms. The van der Waals surface area contributed by atoms with Gasteiger partial charge in [0.1, 0.15) is 6.54 Å². The minimum absolute atomic E-state index is 0.0345. The standard InChI is InChI=1S/C23H29N2O2/c1-18-8-6-7-11-21(18)24(16-19-9-4-3-5-10-19)23(26)27-22-17-25(2)14-12-20(22)13-15-25/h3-11,20,22H,12-17H2,1-2H3/q+1. The third-order valence-electron chi connectivity index (χ3n) is 6.29. The van der Waals surface area contributed by atoms with E-state index in [1.54, 1.807) is 4.90 Å². The van der Waals surface area contributed by atoms with Crippen LogP contribution in [0.1, 0.15) is 24.0 Å². The van der Waals surface area contributed by atoms with Crippen molar-refractivity contribution in [3.63, 3.8) is 0 Å². The molecule has 0 radical (unpaired) electrons. The van der Waals surface area contributed by atoms with Crippen LogP contribution in [0.25, 0.3) is 0 Å². The zero-order valence-electron chi connectivity index (χ0n) is 16.3. The molecule has 3 fully saturated rings. The van der Waals surface area contributed by atoms with Crippen LogP contribution in [0.15, 0.2) is 54.6 Å². The first-order chi connectivity index (χ1) is 13.0. The first kappa shape index (κ1) is 18.1. The van der Waals surface area contributed by atoms with E-state index >= 15 is 0 Å². The van der Waals surface area contributed by atoms with Gasteiger partial charge in [-0.3, -0.25) is 4.90 Å². The lowest BCUT2D eigenvalue weighted by Crippen LogP contribution is -2.62. The highest BCUT2D eigenvalue weighted by Crippen LogP contribution is 2.35. The zero-order chi connectivity index (χ0) is 18.9.